The highest BCUT2D eigenvalue weighted by atomic mass is 32.2. The van der Waals surface area contributed by atoms with Crippen LogP contribution in [0, 0.1) is 5.82 Å². The van der Waals surface area contributed by atoms with Gasteiger partial charge in [0, 0.05) is 5.46 Å². The van der Waals surface area contributed by atoms with Gasteiger partial charge in [-0.3, -0.25) is 4.79 Å². The Morgan fingerprint density at radius 3 is 2.28 bits per heavy atom. The number of hydrogen-bond donors (Lipinski definition) is 2. The predicted molar refractivity (Wildman–Crippen MR) is 129 cm³/mol. The normalized spacial score (nSPS) is 25.4. The summed E-state index contributed by atoms with van der Waals surface area (Å²) in [5, 5.41) is 10.2. The lowest BCUT2D eigenvalue weighted by atomic mass is 9.77. The second-order valence-electron chi connectivity index (χ2n) is 10.9. The molecule has 1 aromatic rings. The highest BCUT2D eigenvalue weighted by Crippen LogP contribution is 2.38. The molecule has 1 amide bonds. The minimum Gasteiger partial charge on any atom is -0.399 e. The molecule has 8 nitrogen and oxygen atoms in total. The summed E-state index contributed by atoms with van der Waals surface area (Å²) >= 11 is 0. The maximum absolute atomic E-state index is 15.7. The first-order valence-electron chi connectivity index (χ1n) is 11.8. The van der Waals surface area contributed by atoms with Crippen LogP contribution in [-0.4, -0.2) is 78.6 Å². The molecule has 2 aliphatic heterocycles. The summed E-state index contributed by atoms with van der Waals surface area (Å²) in [6, 6.07) is 0.857. The lowest BCUT2D eigenvalue weighted by molar-refractivity contribution is -0.149. The number of hydrogen-bond acceptors (Lipinski definition) is 6. The van der Waals surface area contributed by atoms with Gasteiger partial charge in [-0.05, 0) is 60.5 Å². The van der Waals surface area contributed by atoms with Crippen LogP contribution in [0.5, 0.6) is 0 Å². The molecule has 2 N–H and O–H groups in total. The first-order chi connectivity index (χ1) is 16.2. The summed E-state index contributed by atoms with van der Waals surface area (Å²) in [6.45, 7) is 9.68. The molecule has 0 spiro atoms. The van der Waals surface area contributed by atoms with Gasteiger partial charge in [0.15, 0.2) is 0 Å². The number of benzene rings is 1. The van der Waals surface area contributed by atoms with E-state index in [0.717, 1.165) is 18.7 Å². The van der Waals surface area contributed by atoms with Crippen molar-refractivity contribution < 1.29 is 40.8 Å². The fourth-order valence-corrected chi connectivity index (χ4v) is 5.17. The van der Waals surface area contributed by atoms with Gasteiger partial charge in [0.2, 0.25) is 10.0 Å². The van der Waals surface area contributed by atoms with Crippen molar-refractivity contribution in [2.45, 2.75) is 89.7 Å². The van der Waals surface area contributed by atoms with Crippen molar-refractivity contribution in [2.24, 2.45) is 0 Å². The van der Waals surface area contributed by atoms with Gasteiger partial charge in [0.05, 0.1) is 29.5 Å². The third-order valence-electron chi connectivity index (χ3n) is 7.14. The number of likely N-dealkylation sites (tertiary alicyclic amines) is 1. The number of sulfonamides is 1. The maximum Gasteiger partial charge on any atom is 0.497 e. The number of nitrogens with one attached hydrogen (secondary N) is 1. The van der Waals surface area contributed by atoms with Crippen molar-refractivity contribution in [2.75, 3.05) is 12.3 Å². The fraction of sp³-hybridized carbons (Fsp3) is 0.696. The van der Waals surface area contributed by atoms with E-state index in [9.17, 15) is 18.3 Å². The van der Waals surface area contributed by atoms with Crippen LogP contribution in [0.2, 0.25) is 0 Å². The standard InChI is InChI=1S/C23H34BF3N2O6S/c1-8-36(32,33)28-18-16(29(13-23(18,26)27)19(30)20(2,3)31)12-14-10-9-11-15(17(14)25)24-34-21(4,5)22(6,7)35-24/h9-11,16,18,28,31H,8,12-13H2,1-7H3/t16-,18+/m0/s1. The zero-order chi connectivity index (χ0) is 27.5. The number of carbonyl (C=O) groups excluding carboxylic acids is 1. The molecule has 2 fully saturated rings. The van der Waals surface area contributed by atoms with Crippen LogP contribution in [0.4, 0.5) is 13.2 Å². The third-order valence-corrected chi connectivity index (χ3v) is 8.51. The van der Waals surface area contributed by atoms with E-state index in [4.69, 9.17) is 9.31 Å². The largest absolute Gasteiger partial charge is 0.497 e. The predicted octanol–water partition coefficient (Wildman–Crippen LogP) is 1.59. The number of aliphatic hydroxyl groups is 1. The first-order valence-corrected chi connectivity index (χ1v) is 13.4. The van der Waals surface area contributed by atoms with Crippen molar-refractivity contribution in [3.05, 3.63) is 29.6 Å². The highest BCUT2D eigenvalue weighted by Gasteiger charge is 2.58. The van der Waals surface area contributed by atoms with Gasteiger partial charge < -0.3 is 19.3 Å². The molecule has 0 unspecified atom stereocenters. The SMILES string of the molecule is CCS(=O)(=O)N[C@@H]1[C@H](Cc2cccc(B3OC(C)(C)C(C)(C)O3)c2F)N(C(=O)C(C)(C)O)CC1(F)F. The molecular weight excluding hydrogens is 500 g/mol. The molecular formula is C23H34BF3N2O6S. The zero-order valence-electron chi connectivity index (χ0n) is 21.6. The van der Waals surface area contributed by atoms with Crippen LogP contribution >= 0.6 is 0 Å². The molecule has 0 bridgehead atoms. The van der Waals surface area contributed by atoms with Gasteiger partial charge >= 0.3 is 7.12 Å². The molecule has 3 rings (SSSR count). The highest BCUT2D eigenvalue weighted by molar-refractivity contribution is 7.89. The van der Waals surface area contributed by atoms with Gasteiger partial charge in [-0.25, -0.2) is 26.3 Å². The third kappa shape index (κ3) is 5.45. The molecule has 0 aromatic heterocycles. The Morgan fingerprint density at radius 2 is 1.78 bits per heavy atom. The lowest BCUT2D eigenvalue weighted by Gasteiger charge is -2.32. The minimum atomic E-state index is -4.11. The quantitative estimate of drug-likeness (QED) is 0.515. The Balaban J connectivity index is 2.02. The Labute approximate surface area is 210 Å². The molecule has 0 saturated carbocycles. The minimum absolute atomic E-state index is 0.0286. The van der Waals surface area contributed by atoms with Gasteiger partial charge in [0.25, 0.3) is 11.8 Å². The molecule has 0 radical (unpaired) electrons. The number of alkyl halides is 2. The van der Waals surface area contributed by atoms with Crippen molar-refractivity contribution >= 4 is 28.5 Å². The van der Waals surface area contributed by atoms with E-state index in [2.05, 4.69) is 0 Å². The number of amides is 1. The number of nitrogens with zero attached hydrogens (tertiary/aromatic N) is 1. The number of carbonyl (C=O) groups is 1. The molecule has 13 heteroatoms. The average Bonchev–Trinajstić information content (AvgIpc) is 3.10. The summed E-state index contributed by atoms with van der Waals surface area (Å²) in [5.74, 6) is -5.91. The number of halogens is 3. The second kappa shape index (κ2) is 9.26. The van der Waals surface area contributed by atoms with Gasteiger partial charge in [-0.1, -0.05) is 18.2 Å². The van der Waals surface area contributed by atoms with E-state index >= 15 is 13.2 Å². The summed E-state index contributed by atoms with van der Waals surface area (Å²) in [7, 11) is -5.16. The monoisotopic (exact) mass is 534 g/mol. The van der Waals surface area contributed by atoms with Crippen molar-refractivity contribution in [1.29, 1.82) is 0 Å². The summed E-state index contributed by atoms with van der Waals surface area (Å²) in [5.41, 5.74) is -3.46. The molecule has 202 valence electrons. The fourth-order valence-electron chi connectivity index (χ4n) is 4.28. The van der Waals surface area contributed by atoms with Crippen LogP contribution in [0.1, 0.15) is 54.0 Å². The van der Waals surface area contributed by atoms with E-state index in [1.165, 1.54) is 25.1 Å². The Kier molecular flexibility index (Phi) is 7.44. The summed E-state index contributed by atoms with van der Waals surface area (Å²) < 4.78 is 84.2. The molecule has 36 heavy (non-hydrogen) atoms. The first kappa shape index (κ1) is 28.9. The van der Waals surface area contributed by atoms with Crippen LogP contribution in [0.15, 0.2) is 18.2 Å². The number of rotatable bonds is 7. The van der Waals surface area contributed by atoms with Crippen LogP contribution in [-0.2, 0) is 30.5 Å². The molecule has 2 aliphatic rings. The average molecular weight is 534 g/mol. The van der Waals surface area contributed by atoms with E-state index < -0.39 is 82.4 Å². The smallest absolute Gasteiger partial charge is 0.399 e. The summed E-state index contributed by atoms with van der Waals surface area (Å²) in [4.78, 5) is 13.6. The van der Waals surface area contributed by atoms with E-state index in [1.54, 1.807) is 27.7 Å². The van der Waals surface area contributed by atoms with Crippen LogP contribution in [0.25, 0.3) is 0 Å². The maximum atomic E-state index is 15.7. The summed E-state index contributed by atoms with van der Waals surface area (Å²) in [6.07, 6.45) is -0.437. The Hall–Kier alpha value is -1.67. The molecule has 2 saturated heterocycles. The van der Waals surface area contributed by atoms with Gasteiger partial charge in [-0.15, -0.1) is 0 Å². The molecule has 2 atom stereocenters. The van der Waals surface area contributed by atoms with E-state index in [-0.39, 0.29) is 11.0 Å². The molecule has 1 aromatic carbocycles. The molecule has 2 heterocycles. The zero-order valence-corrected chi connectivity index (χ0v) is 22.4. The van der Waals surface area contributed by atoms with Crippen molar-refractivity contribution in [3.8, 4) is 0 Å². The van der Waals surface area contributed by atoms with E-state index in [1.807, 2.05) is 4.72 Å². The van der Waals surface area contributed by atoms with Crippen molar-refractivity contribution in [3.63, 3.8) is 0 Å². The van der Waals surface area contributed by atoms with Crippen LogP contribution < -0.4 is 10.2 Å². The Bertz CT molecular complexity index is 1110. The van der Waals surface area contributed by atoms with E-state index in [0.29, 0.717) is 0 Å². The van der Waals surface area contributed by atoms with Crippen LogP contribution in [0.3, 0.4) is 0 Å². The topological polar surface area (TPSA) is 105 Å². The van der Waals surface area contributed by atoms with Crippen molar-refractivity contribution in [1.82, 2.24) is 9.62 Å². The van der Waals surface area contributed by atoms with Gasteiger partial charge in [-0.2, -0.15) is 0 Å². The second-order valence-corrected chi connectivity index (χ2v) is 13.0. The molecule has 0 aliphatic carbocycles. The lowest BCUT2D eigenvalue weighted by Crippen LogP contribution is -2.54. The Morgan fingerprint density at radius 1 is 1.22 bits per heavy atom. The van der Waals surface area contributed by atoms with Gasteiger partial charge in [0.1, 0.15) is 17.5 Å².